The van der Waals surface area contributed by atoms with Crippen molar-refractivity contribution in [2.45, 2.75) is 37.1 Å². The van der Waals surface area contributed by atoms with Crippen LogP contribution in [0.2, 0.25) is 0 Å². The van der Waals surface area contributed by atoms with Crippen LogP contribution in [-0.4, -0.2) is 102 Å². The maximum Gasteiger partial charge on any atom is 0.314 e. The molecule has 7 N–H and O–H groups in total. The summed E-state index contributed by atoms with van der Waals surface area (Å²) in [6.45, 7) is -0.617. The van der Waals surface area contributed by atoms with Crippen molar-refractivity contribution < 1.29 is 47.7 Å². The average Bonchev–Trinajstić information content (AvgIpc) is 2.54. The molecule has 0 aromatic heterocycles. The van der Waals surface area contributed by atoms with E-state index in [0.29, 0.717) is 0 Å². The molecule has 0 saturated carbocycles. The van der Waals surface area contributed by atoms with E-state index in [9.17, 15) is 28.5 Å². The van der Waals surface area contributed by atoms with Crippen LogP contribution in [-0.2, 0) is 19.6 Å². The van der Waals surface area contributed by atoms with Gasteiger partial charge in [0.1, 0.15) is 24.4 Å². The number of carbonyl (C=O) groups excluding carboxylic acids is 1. The number of amides is 2. The number of hydrogen-bond acceptors (Lipinski definition) is 9. The number of carbonyl (C=O) groups is 1. The number of ether oxygens (including phenoxy) is 2. The van der Waals surface area contributed by atoms with Crippen molar-refractivity contribution in [3.8, 4) is 0 Å². The van der Waals surface area contributed by atoms with E-state index in [0.717, 1.165) is 0 Å². The number of nitrogens with one attached hydrogen (secondary N) is 2. The lowest BCUT2D eigenvalue weighted by molar-refractivity contribution is -0.300. The molecule has 0 spiro atoms. The molecule has 1 aliphatic rings. The Bertz CT molecular complexity index is 514. The highest BCUT2D eigenvalue weighted by Crippen LogP contribution is 2.21. The Balaban J connectivity index is 2.20. The topological polar surface area (TPSA) is 195 Å². The molecule has 0 aromatic rings. The summed E-state index contributed by atoms with van der Waals surface area (Å²) in [6, 6.07) is -0.590. The molecule has 0 unspecified atom stereocenters. The molecule has 1 fully saturated rings. The highest BCUT2D eigenvalue weighted by molar-refractivity contribution is 7.85. The first kappa shape index (κ1) is 22.0. The molecule has 0 aliphatic carbocycles. The van der Waals surface area contributed by atoms with Crippen LogP contribution in [0.3, 0.4) is 0 Å². The highest BCUT2D eigenvalue weighted by atomic mass is 32.2. The molecule has 5 atom stereocenters. The zero-order valence-corrected chi connectivity index (χ0v) is 14.1. The number of urea groups is 1. The Morgan fingerprint density at radius 3 is 2.32 bits per heavy atom. The molecule has 0 radical (unpaired) electrons. The molecule has 1 saturated heterocycles. The second-order valence-corrected chi connectivity index (χ2v) is 6.96. The Kier molecular flexibility index (Phi) is 8.95. The van der Waals surface area contributed by atoms with Crippen molar-refractivity contribution in [3.63, 3.8) is 0 Å². The first-order valence-corrected chi connectivity index (χ1v) is 9.15. The Labute approximate surface area is 144 Å². The van der Waals surface area contributed by atoms with Crippen molar-refractivity contribution >= 4 is 16.1 Å². The Hall–Kier alpha value is -1.06. The highest BCUT2D eigenvalue weighted by Gasteiger charge is 2.43. The minimum Gasteiger partial charge on any atom is -0.394 e. The first-order valence-electron chi connectivity index (χ1n) is 7.54. The second-order valence-electron chi connectivity index (χ2n) is 5.39. The second kappa shape index (κ2) is 10.2. The van der Waals surface area contributed by atoms with Gasteiger partial charge in [-0.1, -0.05) is 0 Å². The lowest BCUT2D eigenvalue weighted by Crippen LogP contribution is -2.59. The SMILES string of the molecule is O=C(NCCCS(=O)(=O)O)NCCO[C@@H]1O[C@H](CO)[C@@H](O)[C@H](O)[C@H]1O. The van der Waals surface area contributed by atoms with Crippen LogP contribution >= 0.6 is 0 Å². The number of rotatable bonds is 9. The maximum atomic E-state index is 11.4. The van der Waals surface area contributed by atoms with Crippen LogP contribution in [0.15, 0.2) is 0 Å². The largest absolute Gasteiger partial charge is 0.394 e. The van der Waals surface area contributed by atoms with Gasteiger partial charge in [-0.05, 0) is 6.42 Å². The third-order valence-electron chi connectivity index (χ3n) is 3.38. The summed E-state index contributed by atoms with van der Waals surface area (Å²) in [5.41, 5.74) is 0. The quantitative estimate of drug-likeness (QED) is 0.153. The van der Waals surface area contributed by atoms with Gasteiger partial charge in [-0.3, -0.25) is 4.55 Å². The standard InChI is InChI=1S/C12H24N2O10S/c15-6-7-8(16)9(17)10(18)11(24-7)23-4-3-14-12(19)13-2-1-5-25(20,21)22/h7-11,15-18H,1-6H2,(H2,13,14,19)(H,20,21,22)/t7-,8-,9+,10-,11-/m1/s1. The summed E-state index contributed by atoms with van der Waals surface area (Å²) in [4.78, 5) is 11.4. The van der Waals surface area contributed by atoms with Crippen LogP contribution in [0.1, 0.15) is 6.42 Å². The molecule has 25 heavy (non-hydrogen) atoms. The zero-order valence-electron chi connectivity index (χ0n) is 13.3. The molecule has 1 rings (SSSR count). The Morgan fingerprint density at radius 1 is 1.08 bits per heavy atom. The molecule has 1 aliphatic heterocycles. The number of hydrogen-bond donors (Lipinski definition) is 7. The third kappa shape index (κ3) is 7.79. The molecule has 148 valence electrons. The lowest BCUT2D eigenvalue weighted by Gasteiger charge is -2.39. The van der Waals surface area contributed by atoms with Crippen LogP contribution in [0, 0.1) is 0 Å². The van der Waals surface area contributed by atoms with Gasteiger partial charge < -0.3 is 40.5 Å². The van der Waals surface area contributed by atoms with E-state index in [1.807, 2.05) is 0 Å². The van der Waals surface area contributed by atoms with Gasteiger partial charge in [0, 0.05) is 13.1 Å². The van der Waals surface area contributed by atoms with Crippen LogP contribution in [0.5, 0.6) is 0 Å². The van der Waals surface area contributed by atoms with Crippen LogP contribution in [0.25, 0.3) is 0 Å². The fourth-order valence-electron chi connectivity index (χ4n) is 2.06. The Morgan fingerprint density at radius 2 is 1.72 bits per heavy atom. The van der Waals surface area contributed by atoms with Gasteiger partial charge >= 0.3 is 6.03 Å². The first-order chi connectivity index (χ1) is 11.7. The van der Waals surface area contributed by atoms with E-state index >= 15 is 0 Å². The molecule has 0 aromatic carbocycles. The van der Waals surface area contributed by atoms with E-state index < -0.39 is 59.2 Å². The van der Waals surface area contributed by atoms with E-state index in [2.05, 4.69) is 10.6 Å². The fourth-order valence-corrected chi connectivity index (χ4v) is 2.57. The van der Waals surface area contributed by atoms with Crippen molar-refractivity contribution in [2.75, 3.05) is 32.1 Å². The minimum absolute atomic E-state index is 0.0130. The summed E-state index contributed by atoms with van der Waals surface area (Å²) >= 11 is 0. The predicted molar refractivity (Wildman–Crippen MR) is 82.2 cm³/mol. The minimum atomic E-state index is -4.06. The number of aliphatic hydroxyl groups excluding tert-OH is 4. The molecule has 1 heterocycles. The third-order valence-corrected chi connectivity index (χ3v) is 4.19. The summed E-state index contributed by atoms with van der Waals surface area (Å²) in [5, 5.41) is 42.7. The molecular formula is C12H24N2O10S. The smallest absolute Gasteiger partial charge is 0.314 e. The van der Waals surface area contributed by atoms with Crippen LogP contribution < -0.4 is 10.6 Å². The van der Waals surface area contributed by atoms with Gasteiger partial charge in [0.15, 0.2) is 6.29 Å². The summed E-state index contributed by atoms with van der Waals surface area (Å²) in [7, 11) is -4.06. The van der Waals surface area contributed by atoms with E-state index in [1.54, 1.807) is 0 Å². The van der Waals surface area contributed by atoms with E-state index in [-0.39, 0.29) is 26.1 Å². The van der Waals surface area contributed by atoms with Gasteiger partial charge in [-0.25, -0.2) is 4.79 Å². The summed E-state index contributed by atoms with van der Waals surface area (Å²) in [6.07, 6.45) is -6.86. The lowest BCUT2D eigenvalue weighted by atomic mass is 9.99. The van der Waals surface area contributed by atoms with Gasteiger partial charge in [0.25, 0.3) is 10.1 Å². The monoisotopic (exact) mass is 388 g/mol. The fraction of sp³-hybridized carbons (Fsp3) is 0.917. The van der Waals surface area contributed by atoms with Gasteiger partial charge in [0.05, 0.1) is 19.0 Å². The average molecular weight is 388 g/mol. The summed E-state index contributed by atoms with van der Waals surface area (Å²) in [5.74, 6) is -0.465. The predicted octanol–water partition coefficient (Wildman–Crippen LogP) is -3.62. The zero-order chi connectivity index (χ0) is 19.0. The van der Waals surface area contributed by atoms with Crippen LogP contribution in [0.4, 0.5) is 4.79 Å². The van der Waals surface area contributed by atoms with Gasteiger partial charge in [0.2, 0.25) is 0 Å². The summed E-state index contributed by atoms with van der Waals surface area (Å²) < 4.78 is 39.7. The van der Waals surface area contributed by atoms with Gasteiger partial charge in [-0.15, -0.1) is 0 Å². The van der Waals surface area contributed by atoms with Crippen molar-refractivity contribution in [2.24, 2.45) is 0 Å². The molecule has 13 heteroatoms. The molecule has 0 bridgehead atoms. The van der Waals surface area contributed by atoms with Crippen molar-refractivity contribution in [1.29, 1.82) is 0 Å². The van der Waals surface area contributed by atoms with E-state index in [1.165, 1.54) is 0 Å². The number of aliphatic hydroxyl groups is 4. The molecule has 2 amide bonds. The van der Waals surface area contributed by atoms with Crippen molar-refractivity contribution in [3.05, 3.63) is 0 Å². The molecule has 12 nitrogen and oxygen atoms in total. The molecular weight excluding hydrogens is 364 g/mol. The van der Waals surface area contributed by atoms with Crippen molar-refractivity contribution in [1.82, 2.24) is 10.6 Å². The maximum absolute atomic E-state index is 11.4. The normalized spacial score (nSPS) is 30.0. The van der Waals surface area contributed by atoms with Gasteiger partial charge in [-0.2, -0.15) is 8.42 Å². The van der Waals surface area contributed by atoms with E-state index in [4.69, 9.17) is 19.1 Å².